The molecule has 0 unspecified atom stereocenters. The average molecular weight is 156 g/mol. The number of carboxylic acids is 1. The Kier molecular flexibility index (Phi) is 29.0. The van der Waals surface area contributed by atoms with Crippen molar-refractivity contribution < 1.29 is 66.4 Å². The quantitative estimate of drug-likeness (QED) is 0.310. The molecular weight excluding hydrogens is 147 g/mol. The van der Waals surface area contributed by atoms with E-state index in [1.165, 1.54) is 0 Å². The maximum atomic E-state index is 9.01. The van der Waals surface area contributed by atoms with E-state index in [2.05, 4.69) is 6.58 Å². The fourth-order valence-electron chi connectivity index (χ4n) is 0. The molecule has 4 heteroatoms. The van der Waals surface area contributed by atoms with Gasteiger partial charge in [0.15, 0.2) is 0 Å². The summed E-state index contributed by atoms with van der Waals surface area (Å²) in [5.74, 6) is -1.44. The number of allylic oxidation sites excluding steroid dienone is 1. The molecule has 0 atom stereocenters. The molecule has 0 fully saturated rings. The second-order valence-electron chi connectivity index (χ2n) is 0.938. The fourth-order valence-corrected chi connectivity index (χ4v) is 0. The van der Waals surface area contributed by atoms with Crippen LogP contribution in [0.5, 0.6) is 0 Å². The van der Waals surface area contributed by atoms with Crippen LogP contribution in [0.4, 0.5) is 0 Å². The van der Waals surface area contributed by atoms with Gasteiger partial charge >= 0.3 is 51.4 Å². The summed E-state index contributed by atoms with van der Waals surface area (Å²) in [5, 5.41) is 16.5. The molecule has 0 aromatic carbocycles. The van der Waals surface area contributed by atoms with Gasteiger partial charge in [-0.05, 0) is 6.92 Å². The monoisotopic (exact) mass is 156 g/mol. The van der Waals surface area contributed by atoms with Crippen LogP contribution < -0.4 is 56.5 Å². The standard InChI is InChI=1S/C3H6.C2H4O3.K/c1-3-2;3-1-2(4)5;/h3H,1H2,2H3;3H,1H2,(H,4,5);/q;;+1/p-1. The number of hydrogen-bond acceptors (Lipinski definition) is 3. The van der Waals surface area contributed by atoms with Crippen molar-refractivity contribution in [3.05, 3.63) is 12.7 Å². The molecule has 0 aromatic rings. The van der Waals surface area contributed by atoms with E-state index >= 15 is 0 Å². The molecule has 0 aliphatic carbocycles. The van der Waals surface area contributed by atoms with Gasteiger partial charge in [0.25, 0.3) is 0 Å². The maximum absolute atomic E-state index is 9.01. The van der Waals surface area contributed by atoms with Crippen molar-refractivity contribution in [1.82, 2.24) is 0 Å². The van der Waals surface area contributed by atoms with Crippen molar-refractivity contribution in [2.75, 3.05) is 6.61 Å². The molecule has 1 N–H and O–H groups in total. The van der Waals surface area contributed by atoms with Crippen molar-refractivity contribution in [2.45, 2.75) is 6.92 Å². The van der Waals surface area contributed by atoms with Gasteiger partial charge in [0.2, 0.25) is 0 Å². The Labute approximate surface area is 97.2 Å². The Hall–Kier alpha value is 0.806. The predicted molar refractivity (Wildman–Crippen MR) is 28.0 cm³/mol. The molecule has 0 amide bonds. The summed E-state index contributed by atoms with van der Waals surface area (Å²) in [6.07, 6.45) is 1.75. The van der Waals surface area contributed by atoms with E-state index < -0.39 is 12.6 Å². The summed E-state index contributed by atoms with van der Waals surface area (Å²) >= 11 is 0. The first-order valence-corrected chi connectivity index (χ1v) is 2.06. The molecule has 0 aliphatic heterocycles. The third kappa shape index (κ3) is 51.8. The van der Waals surface area contributed by atoms with Gasteiger partial charge < -0.3 is 15.0 Å². The van der Waals surface area contributed by atoms with Crippen LogP contribution >= 0.6 is 0 Å². The smallest absolute Gasteiger partial charge is 0.548 e. The second kappa shape index (κ2) is 15.9. The molecule has 48 valence electrons. The Balaban J connectivity index is -0.0000000800. The van der Waals surface area contributed by atoms with Crippen molar-refractivity contribution in [1.29, 1.82) is 0 Å². The van der Waals surface area contributed by atoms with Crippen molar-refractivity contribution in [3.8, 4) is 0 Å². The van der Waals surface area contributed by atoms with Crippen LogP contribution in [-0.4, -0.2) is 17.7 Å². The predicted octanol–water partition coefficient (Wildman–Crippen LogP) is -4.08. The average Bonchev–Trinajstić information content (AvgIpc) is 1.69. The Bertz CT molecular complexity index is 72.6. The molecular formula is C5H9KO3. The van der Waals surface area contributed by atoms with Gasteiger partial charge in [0.05, 0.1) is 12.6 Å². The van der Waals surface area contributed by atoms with E-state index in [1.54, 1.807) is 6.08 Å². The Morgan fingerprint density at radius 2 is 2.00 bits per heavy atom. The minimum absolute atomic E-state index is 0. The van der Waals surface area contributed by atoms with Crippen LogP contribution in [0.1, 0.15) is 6.92 Å². The van der Waals surface area contributed by atoms with Crippen LogP contribution in [0.2, 0.25) is 0 Å². The van der Waals surface area contributed by atoms with Gasteiger partial charge in [0, 0.05) is 0 Å². The van der Waals surface area contributed by atoms with E-state index in [-0.39, 0.29) is 51.4 Å². The normalized spacial score (nSPS) is 5.56. The van der Waals surface area contributed by atoms with Crippen LogP contribution in [0.15, 0.2) is 12.7 Å². The van der Waals surface area contributed by atoms with Gasteiger partial charge in [0.1, 0.15) is 0 Å². The zero-order valence-electron chi connectivity index (χ0n) is 5.76. The Morgan fingerprint density at radius 1 is 1.89 bits per heavy atom. The van der Waals surface area contributed by atoms with Gasteiger partial charge in [-0.1, -0.05) is 6.08 Å². The van der Waals surface area contributed by atoms with Gasteiger partial charge in [-0.3, -0.25) is 0 Å². The van der Waals surface area contributed by atoms with Crippen molar-refractivity contribution in [3.63, 3.8) is 0 Å². The molecule has 0 saturated carbocycles. The van der Waals surface area contributed by atoms with E-state index in [0.29, 0.717) is 0 Å². The summed E-state index contributed by atoms with van der Waals surface area (Å²) in [7, 11) is 0. The number of carbonyl (C=O) groups excluding carboxylic acids is 1. The molecule has 0 radical (unpaired) electrons. The van der Waals surface area contributed by atoms with E-state index in [1.807, 2.05) is 6.92 Å². The summed E-state index contributed by atoms with van der Waals surface area (Å²) in [4.78, 5) is 9.01. The molecule has 0 aliphatic rings. The molecule has 0 bridgehead atoms. The first-order valence-electron chi connectivity index (χ1n) is 2.06. The van der Waals surface area contributed by atoms with E-state index in [9.17, 15) is 0 Å². The first-order chi connectivity index (χ1) is 3.68. The third-order valence-corrected chi connectivity index (χ3v) is 0.129. The second-order valence-corrected chi connectivity index (χ2v) is 0.938. The SMILES string of the molecule is C=CC.O=C([O-])CO.[K+]. The molecule has 0 heterocycles. The van der Waals surface area contributed by atoms with E-state index in [0.717, 1.165) is 0 Å². The zero-order valence-corrected chi connectivity index (χ0v) is 8.88. The van der Waals surface area contributed by atoms with E-state index in [4.69, 9.17) is 15.0 Å². The zero-order chi connectivity index (χ0) is 6.99. The third-order valence-electron chi connectivity index (χ3n) is 0.129. The number of carboxylic acid groups (broad SMARTS) is 1. The molecule has 0 saturated heterocycles. The summed E-state index contributed by atoms with van der Waals surface area (Å²) < 4.78 is 0. The van der Waals surface area contributed by atoms with Gasteiger partial charge in [-0.15, -0.1) is 6.58 Å². The minimum Gasteiger partial charge on any atom is -0.548 e. The summed E-state index contributed by atoms with van der Waals surface area (Å²) in [5.41, 5.74) is 0. The van der Waals surface area contributed by atoms with Crippen LogP contribution in [0.25, 0.3) is 0 Å². The topological polar surface area (TPSA) is 60.4 Å². The summed E-state index contributed by atoms with van der Waals surface area (Å²) in [6.45, 7) is 4.36. The number of aliphatic hydroxyl groups excluding tert-OH is 1. The molecule has 3 nitrogen and oxygen atoms in total. The Morgan fingerprint density at radius 3 is 2.00 bits per heavy atom. The van der Waals surface area contributed by atoms with Gasteiger partial charge in [-0.2, -0.15) is 0 Å². The number of carbonyl (C=O) groups is 1. The van der Waals surface area contributed by atoms with Gasteiger partial charge in [-0.25, -0.2) is 0 Å². The minimum atomic E-state index is -1.44. The number of aliphatic carboxylic acids is 1. The number of rotatable bonds is 1. The molecule has 0 aromatic heterocycles. The molecule has 9 heavy (non-hydrogen) atoms. The largest absolute Gasteiger partial charge is 1.00 e. The summed E-state index contributed by atoms with van der Waals surface area (Å²) in [6, 6.07) is 0. The molecule has 0 spiro atoms. The van der Waals surface area contributed by atoms with Crippen LogP contribution in [0.3, 0.4) is 0 Å². The van der Waals surface area contributed by atoms with Crippen molar-refractivity contribution in [2.24, 2.45) is 0 Å². The molecule has 0 rings (SSSR count). The number of aliphatic hydroxyl groups is 1. The van der Waals surface area contributed by atoms with Crippen LogP contribution in [-0.2, 0) is 4.79 Å². The maximum Gasteiger partial charge on any atom is 1.00 e. The van der Waals surface area contributed by atoms with Crippen LogP contribution in [0, 0.1) is 0 Å². The van der Waals surface area contributed by atoms with Crippen molar-refractivity contribution >= 4 is 5.97 Å². The number of hydrogen-bond donors (Lipinski definition) is 1. The fraction of sp³-hybridized carbons (Fsp3) is 0.400. The first kappa shape index (κ1) is 16.4.